The summed E-state index contributed by atoms with van der Waals surface area (Å²) in [6.45, 7) is 0. The van der Waals surface area contributed by atoms with E-state index in [1.54, 1.807) is 0 Å². The average Bonchev–Trinajstić information content (AvgIpc) is 2.45. The molecule has 2 rings (SSSR count). The first-order valence-electron chi connectivity index (χ1n) is 3.29. The van der Waals surface area contributed by atoms with Gasteiger partial charge in [0.1, 0.15) is 11.8 Å². The predicted octanol–water partition coefficient (Wildman–Crippen LogP) is 0.920. The fraction of sp³-hybridized carbons (Fsp3) is 0.571. The van der Waals surface area contributed by atoms with E-state index in [2.05, 4.69) is 11.4 Å². The van der Waals surface area contributed by atoms with Crippen molar-refractivity contribution in [1.82, 2.24) is 5.32 Å². The maximum absolute atomic E-state index is 8.52. The van der Waals surface area contributed by atoms with E-state index in [0.29, 0.717) is 6.04 Å². The number of hydrogen-bond acceptors (Lipinski definition) is 2. The summed E-state index contributed by atoms with van der Waals surface area (Å²) in [5.41, 5.74) is 2.20. The van der Waals surface area contributed by atoms with Gasteiger partial charge in [0.2, 0.25) is 0 Å². The van der Waals surface area contributed by atoms with Crippen molar-refractivity contribution in [2.75, 3.05) is 0 Å². The largest absolute Gasteiger partial charge is 0.373 e. The summed E-state index contributed by atoms with van der Waals surface area (Å²) in [6.07, 6.45) is 3.52. The highest BCUT2D eigenvalue weighted by Gasteiger charge is 2.29. The Morgan fingerprint density at radius 1 is 1.67 bits per heavy atom. The van der Waals surface area contributed by atoms with Gasteiger partial charge in [-0.2, -0.15) is 5.26 Å². The Hall–Kier alpha value is -0.970. The first-order chi connectivity index (χ1) is 4.40. The van der Waals surface area contributed by atoms with Crippen molar-refractivity contribution in [2.45, 2.75) is 25.3 Å². The number of nitrogens with one attached hydrogen (secondary N) is 1. The molecule has 9 heavy (non-hydrogen) atoms. The second-order valence-electron chi connectivity index (χ2n) is 2.67. The topological polar surface area (TPSA) is 35.8 Å². The van der Waals surface area contributed by atoms with Gasteiger partial charge in [-0.15, -0.1) is 0 Å². The third kappa shape index (κ3) is 0.547. The average molecular weight is 120 g/mol. The first-order valence-corrected chi connectivity index (χ1v) is 3.29. The fourth-order valence-electron chi connectivity index (χ4n) is 1.62. The number of nitriles is 1. The summed E-state index contributed by atoms with van der Waals surface area (Å²) in [4.78, 5) is 0. The number of fused-ring (bicyclic) bond motifs is 2. The molecule has 0 aromatic rings. The standard InChI is InChI=1S/C7H8N2/c8-4-7-5-1-2-6(3-5)9-7/h6,9H,1-3H2. The van der Waals surface area contributed by atoms with Crippen LogP contribution in [0.4, 0.5) is 0 Å². The van der Waals surface area contributed by atoms with Gasteiger partial charge in [-0.3, -0.25) is 0 Å². The molecule has 2 bridgehead atoms. The Morgan fingerprint density at radius 2 is 2.56 bits per heavy atom. The number of hydrogen-bond donors (Lipinski definition) is 1. The van der Waals surface area contributed by atoms with Gasteiger partial charge in [-0.25, -0.2) is 0 Å². The van der Waals surface area contributed by atoms with Crippen LogP contribution in [0.3, 0.4) is 0 Å². The zero-order valence-electron chi connectivity index (χ0n) is 5.15. The Balaban J connectivity index is 2.35. The van der Waals surface area contributed by atoms with Gasteiger partial charge in [-0.1, -0.05) is 0 Å². The van der Waals surface area contributed by atoms with E-state index in [9.17, 15) is 0 Å². The molecule has 0 aromatic heterocycles. The number of nitrogens with zero attached hydrogens (tertiary/aromatic N) is 1. The third-order valence-corrected chi connectivity index (χ3v) is 2.10. The molecule has 2 aliphatic rings. The van der Waals surface area contributed by atoms with Crippen molar-refractivity contribution in [3.63, 3.8) is 0 Å². The highest BCUT2D eigenvalue weighted by atomic mass is 15.0. The van der Waals surface area contributed by atoms with Crippen LogP contribution in [0.1, 0.15) is 19.3 Å². The van der Waals surface area contributed by atoms with Crippen LogP contribution in [0.2, 0.25) is 0 Å². The predicted molar refractivity (Wildman–Crippen MR) is 33.4 cm³/mol. The van der Waals surface area contributed by atoms with Crippen molar-refractivity contribution in [2.24, 2.45) is 0 Å². The molecule has 1 saturated carbocycles. The Bertz CT molecular complexity index is 209. The lowest BCUT2D eigenvalue weighted by molar-refractivity contribution is 0.612. The van der Waals surface area contributed by atoms with Crippen molar-refractivity contribution < 1.29 is 0 Å². The van der Waals surface area contributed by atoms with Crippen molar-refractivity contribution in [3.05, 3.63) is 11.3 Å². The van der Waals surface area contributed by atoms with E-state index in [0.717, 1.165) is 18.5 Å². The van der Waals surface area contributed by atoms with Gasteiger partial charge >= 0.3 is 0 Å². The summed E-state index contributed by atoms with van der Waals surface area (Å²) in [5, 5.41) is 11.7. The van der Waals surface area contributed by atoms with Crippen LogP contribution < -0.4 is 5.32 Å². The van der Waals surface area contributed by atoms with Gasteiger partial charge in [-0.05, 0) is 24.8 Å². The summed E-state index contributed by atoms with van der Waals surface area (Å²) >= 11 is 0. The molecule has 1 aliphatic carbocycles. The molecule has 0 spiro atoms. The van der Waals surface area contributed by atoms with Gasteiger partial charge in [0.25, 0.3) is 0 Å². The highest BCUT2D eigenvalue weighted by Crippen LogP contribution is 2.32. The fourth-order valence-corrected chi connectivity index (χ4v) is 1.62. The zero-order chi connectivity index (χ0) is 6.27. The smallest absolute Gasteiger partial charge is 0.117 e. The van der Waals surface area contributed by atoms with Crippen molar-refractivity contribution in [1.29, 1.82) is 5.26 Å². The summed E-state index contributed by atoms with van der Waals surface area (Å²) in [7, 11) is 0. The molecular weight excluding hydrogens is 112 g/mol. The molecule has 1 unspecified atom stereocenters. The zero-order valence-corrected chi connectivity index (χ0v) is 5.15. The van der Waals surface area contributed by atoms with Crippen LogP contribution in [0.25, 0.3) is 0 Å². The minimum atomic E-state index is 0.606. The van der Waals surface area contributed by atoms with Crippen LogP contribution in [-0.2, 0) is 0 Å². The molecular formula is C7H8N2. The highest BCUT2D eigenvalue weighted by molar-refractivity contribution is 5.35. The van der Waals surface area contributed by atoms with Gasteiger partial charge in [0.15, 0.2) is 0 Å². The van der Waals surface area contributed by atoms with Crippen LogP contribution in [0.15, 0.2) is 11.3 Å². The van der Waals surface area contributed by atoms with E-state index >= 15 is 0 Å². The SMILES string of the molecule is N#CC1=C2CCC(C2)N1. The Kier molecular flexibility index (Phi) is 0.814. The molecule has 0 saturated heterocycles. The molecule has 0 radical (unpaired) electrons. The normalized spacial score (nSPS) is 30.3. The van der Waals surface area contributed by atoms with Crippen LogP contribution in [-0.4, -0.2) is 6.04 Å². The maximum atomic E-state index is 8.52. The van der Waals surface area contributed by atoms with E-state index in [1.165, 1.54) is 12.0 Å². The Morgan fingerprint density at radius 3 is 2.89 bits per heavy atom. The molecule has 2 heteroatoms. The number of rotatable bonds is 0. The van der Waals surface area contributed by atoms with Gasteiger partial charge in [0, 0.05) is 6.04 Å². The molecule has 2 nitrogen and oxygen atoms in total. The molecule has 1 N–H and O–H groups in total. The number of allylic oxidation sites excluding steroid dienone is 1. The van der Waals surface area contributed by atoms with Crippen LogP contribution >= 0.6 is 0 Å². The lowest BCUT2D eigenvalue weighted by Gasteiger charge is -2.08. The van der Waals surface area contributed by atoms with Gasteiger partial charge in [0.05, 0.1) is 0 Å². The minimum absolute atomic E-state index is 0.606. The summed E-state index contributed by atoms with van der Waals surface area (Å²) in [5.74, 6) is 0. The second kappa shape index (κ2) is 1.51. The molecule has 0 aromatic carbocycles. The Labute approximate surface area is 54.2 Å². The summed E-state index contributed by atoms with van der Waals surface area (Å²) in [6, 6.07) is 2.77. The first kappa shape index (κ1) is 4.87. The van der Waals surface area contributed by atoms with Crippen LogP contribution in [0, 0.1) is 11.3 Å². The van der Waals surface area contributed by atoms with Crippen molar-refractivity contribution in [3.8, 4) is 6.07 Å². The third-order valence-electron chi connectivity index (χ3n) is 2.10. The van der Waals surface area contributed by atoms with Crippen LogP contribution in [0.5, 0.6) is 0 Å². The summed E-state index contributed by atoms with van der Waals surface area (Å²) < 4.78 is 0. The molecule has 1 fully saturated rings. The maximum Gasteiger partial charge on any atom is 0.117 e. The van der Waals surface area contributed by atoms with E-state index in [1.807, 2.05) is 0 Å². The molecule has 46 valence electrons. The molecule has 0 amide bonds. The lowest BCUT2D eigenvalue weighted by atomic mass is 10.2. The van der Waals surface area contributed by atoms with E-state index in [4.69, 9.17) is 5.26 Å². The molecule has 1 atom stereocenters. The monoisotopic (exact) mass is 120 g/mol. The van der Waals surface area contributed by atoms with Crippen molar-refractivity contribution >= 4 is 0 Å². The lowest BCUT2D eigenvalue weighted by Crippen LogP contribution is -2.21. The minimum Gasteiger partial charge on any atom is -0.373 e. The van der Waals surface area contributed by atoms with E-state index < -0.39 is 0 Å². The molecule has 1 heterocycles. The van der Waals surface area contributed by atoms with E-state index in [-0.39, 0.29) is 0 Å². The van der Waals surface area contributed by atoms with Gasteiger partial charge < -0.3 is 5.32 Å². The second-order valence-corrected chi connectivity index (χ2v) is 2.67. The molecule has 1 aliphatic heterocycles. The quantitative estimate of drug-likeness (QED) is 0.516.